The summed E-state index contributed by atoms with van der Waals surface area (Å²) in [5.74, 6) is -5.41. The van der Waals surface area contributed by atoms with Crippen molar-refractivity contribution in [2.24, 2.45) is 11.5 Å². The number of carboxylic acids is 2. The molecule has 0 saturated carbocycles. The summed E-state index contributed by atoms with van der Waals surface area (Å²) in [5.41, 5.74) is 10.8. The average molecular weight is 463 g/mol. The number of hydrogen-bond acceptors (Lipinski definition) is 9. The zero-order chi connectivity index (χ0) is 24.8. The third kappa shape index (κ3) is 11.0. The number of unbranched alkanes of at least 4 members (excludes halogenated alkanes) is 1. The van der Waals surface area contributed by atoms with Gasteiger partial charge in [0.05, 0.1) is 12.7 Å². The van der Waals surface area contributed by atoms with E-state index >= 15 is 0 Å². The molecule has 11 N–H and O–H groups in total. The van der Waals surface area contributed by atoms with Crippen LogP contribution in [0.5, 0.6) is 0 Å². The van der Waals surface area contributed by atoms with Gasteiger partial charge < -0.3 is 47.8 Å². The summed E-state index contributed by atoms with van der Waals surface area (Å²) in [6.07, 6.45) is -1.27. The Hall–Kier alpha value is -2.81. The molecular weight excluding hydrogens is 430 g/mol. The van der Waals surface area contributed by atoms with Crippen molar-refractivity contribution >= 4 is 29.7 Å². The number of aliphatic hydroxyl groups is 2. The van der Waals surface area contributed by atoms with Crippen LogP contribution in [0.4, 0.5) is 0 Å². The molecule has 14 nitrogen and oxygen atoms in total. The Kier molecular flexibility index (Phi) is 13.7. The van der Waals surface area contributed by atoms with Gasteiger partial charge in [-0.1, -0.05) is 0 Å². The maximum Gasteiger partial charge on any atom is 0.328 e. The minimum Gasteiger partial charge on any atom is -0.481 e. The molecule has 14 heteroatoms. The van der Waals surface area contributed by atoms with Gasteiger partial charge in [0, 0.05) is 6.42 Å². The molecule has 0 bridgehead atoms. The fourth-order valence-electron chi connectivity index (χ4n) is 2.57. The number of hydrogen-bond donors (Lipinski definition) is 9. The van der Waals surface area contributed by atoms with Crippen molar-refractivity contribution in [1.29, 1.82) is 0 Å². The van der Waals surface area contributed by atoms with Crippen LogP contribution in [0.15, 0.2) is 0 Å². The predicted octanol–water partition coefficient (Wildman–Crippen LogP) is -3.78. The summed E-state index contributed by atoms with van der Waals surface area (Å²) < 4.78 is 0. The van der Waals surface area contributed by atoms with Crippen LogP contribution in [0.3, 0.4) is 0 Å². The third-order valence-corrected chi connectivity index (χ3v) is 4.44. The summed E-state index contributed by atoms with van der Waals surface area (Å²) in [6.45, 7) is 0.770. The predicted molar refractivity (Wildman–Crippen MR) is 110 cm³/mol. The van der Waals surface area contributed by atoms with Gasteiger partial charge >= 0.3 is 11.9 Å². The smallest absolute Gasteiger partial charge is 0.328 e. The van der Waals surface area contributed by atoms with E-state index in [4.69, 9.17) is 26.8 Å². The van der Waals surface area contributed by atoms with Gasteiger partial charge in [0.2, 0.25) is 17.7 Å². The molecule has 5 unspecified atom stereocenters. The summed E-state index contributed by atoms with van der Waals surface area (Å²) in [7, 11) is 0. The van der Waals surface area contributed by atoms with E-state index in [-0.39, 0.29) is 12.8 Å². The minimum atomic E-state index is -1.62. The number of rotatable bonds is 16. The fourth-order valence-corrected chi connectivity index (χ4v) is 2.57. The number of aliphatic carboxylic acids is 2. The topological polar surface area (TPSA) is 254 Å². The van der Waals surface area contributed by atoms with Gasteiger partial charge in [-0.2, -0.15) is 0 Å². The lowest BCUT2D eigenvalue weighted by atomic mass is 10.0. The molecule has 3 amide bonds. The monoisotopic (exact) mass is 463 g/mol. The average Bonchev–Trinajstić information content (AvgIpc) is 2.72. The molecule has 0 aliphatic carbocycles. The molecule has 184 valence electrons. The Labute approximate surface area is 184 Å². The molecule has 0 radical (unpaired) electrons. The molecule has 0 heterocycles. The molecule has 0 aromatic heterocycles. The van der Waals surface area contributed by atoms with E-state index in [0.717, 1.165) is 0 Å². The van der Waals surface area contributed by atoms with Gasteiger partial charge in [0.15, 0.2) is 6.04 Å². The van der Waals surface area contributed by atoms with Crippen molar-refractivity contribution in [1.82, 2.24) is 16.0 Å². The Bertz CT molecular complexity index is 659. The van der Waals surface area contributed by atoms with Crippen LogP contribution in [-0.2, 0) is 24.0 Å². The highest BCUT2D eigenvalue weighted by atomic mass is 16.4. The molecule has 0 fully saturated rings. The van der Waals surface area contributed by atoms with Crippen LogP contribution in [0.2, 0.25) is 0 Å². The Morgan fingerprint density at radius 1 is 0.875 bits per heavy atom. The number of aliphatic hydroxyl groups excluding tert-OH is 2. The second-order valence-corrected chi connectivity index (χ2v) is 7.19. The summed E-state index contributed by atoms with van der Waals surface area (Å²) >= 11 is 0. The first-order valence-corrected chi connectivity index (χ1v) is 10.0. The maximum atomic E-state index is 12.7. The van der Waals surface area contributed by atoms with E-state index in [9.17, 15) is 29.1 Å². The Morgan fingerprint density at radius 2 is 1.41 bits per heavy atom. The van der Waals surface area contributed by atoms with Crippen LogP contribution in [0, 0.1) is 0 Å². The van der Waals surface area contributed by atoms with E-state index in [1.54, 1.807) is 0 Å². The van der Waals surface area contributed by atoms with E-state index in [1.165, 1.54) is 6.92 Å². The van der Waals surface area contributed by atoms with Crippen molar-refractivity contribution in [3.05, 3.63) is 0 Å². The fraction of sp³-hybridized carbons (Fsp3) is 0.722. The second kappa shape index (κ2) is 15.1. The number of carboxylic acid groups (broad SMARTS) is 2. The van der Waals surface area contributed by atoms with Gasteiger partial charge in [-0.3, -0.25) is 19.2 Å². The Morgan fingerprint density at radius 3 is 1.88 bits per heavy atom. The van der Waals surface area contributed by atoms with E-state index in [2.05, 4.69) is 16.0 Å². The molecule has 5 atom stereocenters. The van der Waals surface area contributed by atoms with E-state index in [0.29, 0.717) is 19.4 Å². The first-order valence-electron chi connectivity index (χ1n) is 10.0. The quantitative estimate of drug-likeness (QED) is 0.100. The number of carbonyl (C=O) groups excluding carboxylic acids is 3. The van der Waals surface area contributed by atoms with Crippen LogP contribution in [0.1, 0.15) is 39.0 Å². The number of amides is 3. The standard InChI is InChI=1S/C18H33N5O9/c1-9(25)14(18(31)32)23-17(30)11(4-2-3-7-19)22-16(29)12(5-6-13(26)27)21-15(28)10(20)8-24/h9-12,14,24-25H,2-8,19-20H2,1H3,(H,21,28)(H,22,29)(H,23,30)(H,26,27)(H,31,32). The lowest BCUT2D eigenvalue weighted by Crippen LogP contribution is -2.58. The molecule has 0 aliphatic rings. The van der Waals surface area contributed by atoms with Crippen molar-refractivity contribution < 1.29 is 44.4 Å². The first-order chi connectivity index (χ1) is 14.9. The largest absolute Gasteiger partial charge is 0.481 e. The van der Waals surface area contributed by atoms with Crippen LogP contribution < -0.4 is 27.4 Å². The third-order valence-electron chi connectivity index (χ3n) is 4.44. The lowest BCUT2D eigenvalue weighted by Gasteiger charge is -2.25. The maximum absolute atomic E-state index is 12.7. The van der Waals surface area contributed by atoms with E-state index in [1.807, 2.05) is 0 Å². The van der Waals surface area contributed by atoms with Crippen molar-refractivity contribution in [3.63, 3.8) is 0 Å². The van der Waals surface area contributed by atoms with Crippen LogP contribution in [-0.4, -0.2) is 93.5 Å². The number of nitrogens with two attached hydrogens (primary N) is 2. The Balaban J connectivity index is 5.50. The molecule has 0 saturated heterocycles. The number of nitrogens with one attached hydrogen (secondary N) is 3. The first kappa shape index (κ1) is 29.2. The zero-order valence-corrected chi connectivity index (χ0v) is 17.8. The molecule has 0 aromatic rings. The summed E-state index contributed by atoms with van der Waals surface area (Å²) in [5, 5.41) is 43.3. The molecule has 0 aliphatic heterocycles. The molecule has 0 aromatic carbocycles. The minimum absolute atomic E-state index is 0.0661. The second-order valence-electron chi connectivity index (χ2n) is 7.19. The van der Waals surface area contributed by atoms with Gasteiger partial charge in [-0.15, -0.1) is 0 Å². The van der Waals surface area contributed by atoms with Gasteiger partial charge in [-0.05, 0) is 39.2 Å². The highest BCUT2D eigenvalue weighted by Gasteiger charge is 2.31. The molecule has 32 heavy (non-hydrogen) atoms. The number of carbonyl (C=O) groups is 5. The summed E-state index contributed by atoms with van der Waals surface area (Å²) in [4.78, 5) is 59.4. The van der Waals surface area contributed by atoms with Crippen LogP contribution >= 0.6 is 0 Å². The van der Waals surface area contributed by atoms with Crippen molar-refractivity contribution in [3.8, 4) is 0 Å². The highest BCUT2D eigenvalue weighted by molar-refractivity contribution is 5.94. The highest BCUT2D eigenvalue weighted by Crippen LogP contribution is 2.06. The van der Waals surface area contributed by atoms with Crippen molar-refractivity contribution in [2.75, 3.05) is 13.2 Å². The van der Waals surface area contributed by atoms with Gasteiger partial charge in [-0.25, -0.2) is 4.79 Å². The molecule has 0 rings (SSSR count). The van der Waals surface area contributed by atoms with Gasteiger partial charge in [0.25, 0.3) is 0 Å². The normalized spacial score (nSPS) is 15.5. The molecule has 0 spiro atoms. The SMILES string of the molecule is CC(O)C(NC(=O)C(CCCCN)NC(=O)C(CCC(=O)O)NC(=O)C(N)CO)C(=O)O. The van der Waals surface area contributed by atoms with E-state index < -0.39 is 73.0 Å². The zero-order valence-electron chi connectivity index (χ0n) is 17.8. The summed E-state index contributed by atoms with van der Waals surface area (Å²) in [6, 6.07) is -5.60. The van der Waals surface area contributed by atoms with Gasteiger partial charge in [0.1, 0.15) is 18.1 Å². The lowest BCUT2D eigenvalue weighted by molar-refractivity contribution is -0.145. The molecular formula is C18H33N5O9. The van der Waals surface area contributed by atoms with Crippen molar-refractivity contribution in [2.45, 2.75) is 69.3 Å². The van der Waals surface area contributed by atoms with Crippen LogP contribution in [0.25, 0.3) is 0 Å².